The summed E-state index contributed by atoms with van der Waals surface area (Å²) >= 11 is 1.62. The highest BCUT2D eigenvalue weighted by atomic mass is 32.2. The Hall–Kier alpha value is -1.36. The Labute approximate surface area is 79.6 Å². The van der Waals surface area contributed by atoms with E-state index in [0.29, 0.717) is 5.76 Å². The molecule has 2 rings (SSSR count). The highest BCUT2D eigenvalue weighted by molar-refractivity contribution is 8.02. The smallest absolute Gasteiger partial charge is 0.305 e. The van der Waals surface area contributed by atoms with E-state index in [1.807, 2.05) is 11.6 Å². The van der Waals surface area contributed by atoms with Crippen molar-refractivity contribution in [3.05, 3.63) is 35.8 Å². The molecule has 13 heavy (non-hydrogen) atoms. The summed E-state index contributed by atoms with van der Waals surface area (Å²) in [6.45, 7) is 0. The predicted molar refractivity (Wildman–Crippen MR) is 49.6 cm³/mol. The first-order valence-corrected chi connectivity index (χ1v) is 4.80. The van der Waals surface area contributed by atoms with Gasteiger partial charge in [0, 0.05) is 6.20 Å². The fraction of sp³-hybridized carbons (Fsp3) is 0.125. The number of thioether (sulfide) groups is 1. The summed E-state index contributed by atoms with van der Waals surface area (Å²) in [7, 11) is 0. The first kappa shape index (κ1) is 8.25. The molecular formula is C8H8N2O2S. The molecule has 0 saturated heterocycles. The predicted octanol–water partition coefficient (Wildman–Crippen LogP) is 1.40. The minimum Gasteiger partial charge on any atom is -0.459 e. The molecule has 1 amide bonds. The average Bonchev–Trinajstić information content (AvgIpc) is 2.74. The monoisotopic (exact) mass is 196 g/mol. The molecule has 1 aliphatic rings. The lowest BCUT2D eigenvalue weighted by Crippen LogP contribution is -2.36. The SMILES string of the molecule is O=C(NN1C=CSC1)c1ccco1. The van der Waals surface area contributed by atoms with Gasteiger partial charge in [-0.15, -0.1) is 11.8 Å². The minimum atomic E-state index is -0.225. The number of nitrogens with one attached hydrogen (secondary N) is 1. The van der Waals surface area contributed by atoms with E-state index in [0.717, 1.165) is 5.88 Å². The van der Waals surface area contributed by atoms with Crippen LogP contribution in [-0.2, 0) is 0 Å². The molecule has 0 saturated carbocycles. The van der Waals surface area contributed by atoms with Crippen molar-refractivity contribution in [3.63, 3.8) is 0 Å². The number of hydrazine groups is 1. The number of nitrogens with zero attached hydrogens (tertiary/aromatic N) is 1. The van der Waals surface area contributed by atoms with Gasteiger partial charge in [-0.2, -0.15) is 0 Å². The molecule has 0 bridgehead atoms. The molecule has 1 aromatic heterocycles. The van der Waals surface area contributed by atoms with Crippen LogP contribution in [0.3, 0.4) is 0 Å². The molecule has 0 atom stereocenters. The van der Waals surface area contributed by atoms with Crippen LogP contribution in [0.4, 0.5) is 0 Å². The average molecular weight is 196 g/mol. The molecule has 0 unspecified atom stereocenters. The molecule has 68 valence electrons. The van der Waals surface area contributed by atoms with E-state index in [2.05, 4.69) is 5.43 Å². The maximum absolute atomic E-state index is 11.4. The Morgan fingerprint density at radius 1 is 1.69 bits per heavy atom. The van der Waals surface area contributed by atoms with E-state index < -0.39 is 0 Å². The van der Waals surface area contributed by atoms with E-state index in [4.69, 9.17) is 4.42 Å². The van der Waals surface area contributed by atoms with Gasteiger partial charge in [-0.3, -0.25) is 15.2 Å². The lowest BCUT2D eigenvalue weighted by molar-refractivity contribution is 0.0841. The fourth-order valence-corrected chi connectivity index (χ4v) is 1.58. The van der Waals surface area contributed by atoms with E-state index in [9.17, 15) is 4.79 Å². The molecule has 5 heteroatoms. The number of hydrogen-bond acceptors (Lipinski definition) is 4. The van der Waals surface area contributed by atoms with Crippen LogP contribution < -0.4 is 5.43 Å². The number of hydrogen-bond donors (Lipinski definition) is 1. The van der Waals surface area contributed by atoms with Crippen LogP contribution >= 0.6 is 11.8 Å². The molecule has 0 aliphatic carbocycles. The third-order valence-electron chi connectivity index (χ3n) is 1.54. The number of furan rings is 1. The van der Waals surface area contributed by atoms with E-state index in [-0.39, 0.29) is 5.91 Å². The van der Waals surface area contributed by atoms with Crippen molar-refractivity contribution in [1.82, 2.24) is 10.4 Å². The zero-order valence-electron chi connectivity index (χ0n) is 6.77. The summed E-state index contributed by atoms with van der Waals surface area (Å²) < 4.78 is 4.94. The van der Waals surface area contributed by atoms with Crippen LogP contribution in [0.1, 0.15) is 10.6 Å². The van der Waals surface area contributed by atoms with Crippen molar-refractivity contribution in [2.24, 2.45) is 0 Å². The van der Waals surface area contributed by atoms with Gasteiger partial charge in [0.15, 0.2) is 5.76 Å². The molecule has 0 aromatic carbocycles. The summed E-state index contributed by atoms with van der Waals surface area (Å²) in [5.74, 6) is 0.842. The second-order valence-electron chi connectivity index (χ2n) is 2.47. The van der Waals surface area contributed by atoms with Gasteiger partial charge < -0.3 is 4.42 Å². The highest BCUT2D eigenvalue weighted by Crippen LogP contribution is 2.12. The molecule has 0 radical (unpaired) electrons. The normalized spacial score (nSPS) is 14.9. The third-order valence-corrected chi connectivity index (χ3v) is 2.28. The third kappa shape index (κ3) is 1.86. The Morgan fingerprint density at radius 3 is 3.23 bits per heavy atom. The zero-order chi connectivity index (χ0) is 9.10. The summed E-state index contributed by atoms with van der Waals surface area (Å²) in [6.07, 6.45) is 3.29. The maximum Gasteiger partial charge on any atom is 0.305 e. The molecule has 0 fully saturated rings. The van der Waals surface area contributed by atoms with E-state index in [1.165, 1.54) is 6.26 Å². The molecule has 2 heterocycles. The Bertz CT molecular complexity index is 321. The van der Waals surface area contributed by atoms with Gasteiger partial charge in [-0.1, -0.05) is 0 Å². The number of carbonyl (C=O) groups excluding carboxylic acids is 1. The van der Waals surface area contributed by atoms with Gasteiger partial charge in [-0.25, -0.2) is 0 Å². The van der Waals surface area contributed by atoms with Crippen molar-refractivity contribution in [1.29, 1.82) is 0 Å². The zero-order valence-corrected chi connectivity index (χ0v) is 7.58. The summed E-state index contributed by atoms with van der Waals surface area (Å²) in [5.41, 5.74) is 2.67. The topological polar surface area (TPSA) is 45.5 Å². The second kappa shape index (κ2) is 3.57. The van der Waals surface area contributed by atoms with Gasteiger partial charge in [0.2, 0.25) is 0 Å². The van der Waals surface area contributed by atoms with Crippen molar-refractivity contribution in [3.8, 4) is 0 Å². The maximum atomic E-state index is 11.4. The number of carbonyl (C=O) groups is 1. The second-order valence-corrected chi connectivity index (χ2v) is 3.33. The van der Waals surface area contributed by atoms with Crippen LogP contribution in [0.25, 0.3) is 0 Å². The van der Waals surface area contributed by atoms with Gasteiger partial charge >= 0.3 is 5.91 Å². The van der Waals surface area contributed by atoms with Gasteiger partial charge in [0.05, 0.1) is 12.1 Å². The Balaban J connectivity index is 1.95. The molecule has 1 aliphatic heterocycles. The minimum absolute atomic E-state index is 0.225. The summed E-state index contributed by atoms with van der Waals surface area (Å²) in [6, 6.07) is 3.31. The lowest BCUT2D eigenvalue weighted by atomic mass is 10.4. The highest BCUT2D eigenvalue weighted by Gasteiger charge is 2.12. The fourth-order valence-electron chi connectivity index (χ4n) is 0.946. The van der Waals surface area contributed by atoms with Crippen LogP contribution in [0, 0.1) is 0 Å². The molecule has 1 aromatic rings. The molecular weight excluding hydrogens is 188 g/mol. The molecule has 1 N–H and O–H groups in total. The van der Waals surface area contributed by atoms with Crippen LogP contribution in [0.2, 0.25) is 0 Å². The van der Waals surface area contributed by atoms with Crippen molar-refractivity contribution >= 4 is 17.7 Å². The molecule has 4 nitrogen and oxygen atoms in total. The summed E-state index contributed by atoms with van der Waals surface area (Å²) in [5, 5.41) is 3.62. The van der Waals surface area contributed by atoms with E-state index in [1.54, 1.807) is 28.9 Å². The quantitative estimate of drug-likeness (QED) is 0.776. The standard InChI is InChI=1S/C8H8N2O2S/c11-8(7-2-1-4-12-7)9-10-3-5-13-6-10/h1-5H,6H2,(H,9,11). The van der Waals surface area contributed by atoms with Gasteiger partial charge in [0.1, 0.15) is 0 Å². The van der Waals surface area contributed by atoms with Crippen molar-refractivity contribution in [2.75, 3.05) is 5.88 Å². The van der Waals surface area contributed by atoms with Crippen molar-refractivity contribution in [2.45, 2.75) is 0 Å². The van der Waals surface area contributed by atoms with Crippen LogP contribution in [-0.4, -0.2) is 16.8 Å². The first-order chi connectivity index (χ1) is 6.36. The number of amides is 1. The number of rotatable bonds is 2. The lowest BCUT2D eigenvalue weighted by Gasteiger charge is -2.14. The first-order valence-electron chi connectivity index (χ1n) is 3.76. The van der Waals surface area contributed by atoms with Crippen LogP contribution in [0.5, 0.6) is 0 Å². The van der Waals surface area contributed by atoms with E-state index >= 15 is 0 Å². The van der Waals surface area contributed by atoms with Crippen LogP contribution in [0.15, 0.2) is 34.4 Å². The van der Waals surface area contributed by atoms with Gasteiger partial charge in [0.25, 0.3) is 0 Å². The largest absolute Gasteiger partial charge is 0.459 e. The molecule has 0 spiro atoms. The summed E-state index contributed by atoms with van der Waals surface area (Å²) in [4.78, 5) is 11.4. The Kier molecular flexibility index (Phi) is 2.27. The van der Waals surface area contributed by atoms with Crippen molar-refractivity contribution < 1.29 is 9.21 Å². The van der Waals surface area contributed by atoms with Gasteiger partial charge in [-0.05, 0) is 17.5 Å². The Morgan fingerprint density at radius 2 is 2.62 bits per heavy atom.